The van der Waals surface area contributed by atoms with Crippen molar-refractivity contribution in [2.24, 2.45) is 4.99 Å². The average molecular weight is 482 g/mol. The molecule has 0 saturated heterocycles. The molecule has 0 spiro atoms. The standard InChI is InChI=1S/C28H33FNO3P/c1-6-28(7-2,34-26-14-13-22(29)15-21(26)18-30-3)24-16-23(31-4)17-25(32-5)27(24)33-19-20-11-9-8-10-12-20/h8-18,34H,6-7,19H2,1-5H3/b30-18+. The topological polar surface area (TPSA) is 40.0 Å². The molecule has 0 amide bonds. The smallest absolute Gasteiger partial charge is 0.166 e. The number of rotatable bonds is 11. The van der Waals surface area contributed by atoms with Gasteiger partial charge in [0.1, 0.15) is 18.2 Å². The Morgan fingerprint density at radius 1 is 0.971 bits per heavy atom. The largest absolute Gasteiger partial charge is 0.497 e. The van der Waals surface area contributed by atoms with E-state index in [9.17, 15) is 4.39 Å². The molecule has 3 aromatic carbocycles. The summed E-state index contributed by atoms with van der Waals surface area (Å²) in [6.45, 7) is 4.79. The average Bonchev–Trinajstić information content (AvgIpc) is 2.87. The summed E-state index contributed by atoms with van der Waals surface area (Å²) < 4.78 is 31.8. The van der Waals surface area contributed by atoms with Gasteiger partial charge in [-0.3, -0.25) is 4.99 Å². The van der Waals surface area contributed by atoms with Gasteiger partial charge < -0.3 is 14.2 Å². The highest BCUT2D eigenvalue weighted by Gasteiger charge is 2.35. The zero-order valence-electron chi connectivity index (χ0n) is 20.5. The lowest BCUT2D eigenvalue weighted by Crippen LogP contribution is -2.24. The SMILES string of the molecule is CCC(CC)(Pc1ccc(F)cc1/C=N/C)c1cc(OC)cc(OC)c1OCc1ccccc1. The highest BCUT2D eigenvalue weighted by Crippen LogP contribution is 2.53. The Labute approximate surface area is 204 Å². The van der Waals surface area contributed by atoms with Gasteiger partial charge in [0.05, 0.1) is 14.2 Å². The van der Waals surface area contributed by atoms with Crippen LogP contribution in [0.5, 0.6) is 17.2 Å². The van der Waals surface area contributed by atoms with Crippen LogP contribution in [0.25, 0.3) is 0 Å². The minimum Gasteiger partial charge on any atom is -0.497 e. The van der Waals surface area contributed by atoms with Gasteiger partial charge in [0.25, 0.3) is 0 Å². The van der Waals surface area contributed by atoms with E-state index in [1.807, 2.05) is 42.5 Å². The number of hydrogen-bond acceptors (Lipinski definition) is 4. The molecule has 0 saturated carbocycles. The first-order valence-electron chi connectivity index (χ1n) is 11.4. The summed E-state index contributed by atoms with van der Waals surface area (Å²) >= 11 is 0. The van der Waals surface area contributed by atoms with Gasteiger partial charge in [0.15, 0.2) is 11.5 Å². The van der Waals surface area contributed by atoms with E-state index >= 15 is 0 Å². The molecule has 0 heterocycles. The molecule has 0 aliphatic rings. The molecule has 0 aromatic heterocycles. The fourth-order valence-electron chi connectivity index (χ4n) is 4.11. The minimum absolute atomic E-state index is 0.262. The van der Waals surface area contributed by atoms with Crippen molar-refractivity contribution in [2.45, 2.75) is 38.5 Å². The quantitative estimate of drug-likeness (QED) is 0.232. The van der Waals surface area contributed by atoms with Crippen LogP contribution in [0.1, 0.15) is 43.4 Å². The van der Waals surface area contributed by atoms with Gasteiger partial charge in [-0.25, -0.2) is 4.39 Å². The summed E-state index contributed by atoms with van der Waals surface area (Å²) in [6, 6.07) is 18.9. The molecule has 0 aliphatic heterocycles. The van der Waals surface area contributed by atoms with Crippen LogP contribution in [-0.2, 0) is 11.8 Å². The molecule has 6 heteroatoms. The molecule has 0 fully saturated rings. The van der Waals surface area contributed by atoms with E-state index in [1.54, 1.807) is 33.5 Å². The normalized spacial score (nSPS) is 11.9. The van der Waals surface area contributed by atoms with Gasteiger partial charge in [0, 0.05) is 35.6 Å². The summed E-state index contributed by atoms with van der Waals surface area (Å²) in [5.74, 6) is 1.80. The van der Waals surface area contributed by atoms with Gasteiger partial charge in [-0.05, 0) is 41.9 Å². The van der Waals surface area contributed by atoms with Crippen molar-refractivity contribution >= 4 is 20.1 Å². The van der Waals surface area contributed by atoms with Crippen molar-refractivity contribution in [1.82, 2.24) is 0 Å². The number of aliphatic imine (C=N–C) groups is 1. The highest BCUT2D eigenvalue weighted by molar-refractivity contribution is 7.48. The van der Waals surface area contributed by atoms with Crippen molar-refractivity contribution in [1.29, 1.82) is 0 Å². The molecule has 0 aliphatic carbocycles. The summed E-state index contributed by atoms with van der Waals surface area (Å²) in [5, 5.41) is 0.800. The first-order valence-corrected chi connectivity index (χ1v) is 12.4. The molecule has 3 aromatic rings. The van der Waals surface area contributed by atoms with Crippen molar-refractivity contribution in [3.05, 3.63) is 83.2 Å². The molecule has 4 nitrogen and oxygen atoms in total. The lowest BCUT2D eigenvalue weighted by atomic mass is 9.91. The Morgan fingerprint density at radius 3 is 2.32 bits per heavy atom. The van der Waals surface area contributed by atoms with E-state index in [2.05, 4.69) is 24.9 Å². The van der Waals surface area contributed by atoms with Crippen LogP contribution in [0.2, 0.25) is 0 Å². The maximum absolute atomic E-state index is 14.0. The molecular formula is C28H33FNO3P. The Hall–Kier alpha value is -2.91. The van der Waals surface area contributed by atoms with E-state index in [1.165, 1.54) is 6.07 Å². The zero-order valence-corrected chi connectivity index (χ0v) is 21.5. The third-order valence-electron chi connectivity index (χ3n) is 6.09. The van der Waals surface area contributed by atoms with Gasteiger partial charge in [-0.1, -0.05) is 58.8 Å². The van der Waals surface area contributed by atoms with Gasteiger partial charge in [-0.2, -0.15) is 0 Å². The molecule has 0 bridgehead atoms. The molecule has 3 rings (SSSR count). The third-order valence-corrected chi connectivity index (χ3v) is 8.27. The van der Waals surface area contributed by atoms with Crippen LogP contribution in [0.3, 0.4) is 0 Å². The van der Waals surface area contributed by atoms with Crippen molar-refractivity contribution in [3.8, 4) is 17.2 Å². The Balaban J connectivity index is 2.14. The van der Waals surface area contributed by atoms with E-state index in [0.717, 1.165) is 40.6 Å². The predicted molar refractivity (Wildman–Crippen MR) is 140 cm³/mol. The van der Waals surface area contributed by atoms with Crippen molar-refractivity contribution < 1.29 is 18.6 Å². The van der Waals surface area contributed by atoms with Gasteiger partial charge >= 0.3 is 0 Å². The van der Waals surface area contributed by atoms with E-state index in [0.29, 0.717) is 26.7 Å². The highest BCUT2D eigenvalue weighted by atomic mass is 31.1. The maximum atomic E-state index is 14.0. The second-order valence-electron chi connectivity index (χ2n) is 8.01. The first-order chi connectivity index (χ1) is 16.5. The number of benzene rings is 3. The number of methoxy groups -OCH3 is 2. The molecule has 34 heavy (non-hydrogen) atoms. The van der Waals surface area contributed by atoms with Crippen molar-refractivity contribution in [2.75, 3.05) is 21.3 Å². The monoisotopic (exact) mass is 481 g/mol. The second-order valence-corrected chi connectivity index (χ2v) is 9.76. The zero-order chi connectivity index (χ0) is 24.6. The Bertz CT molecular complexity index is 1110. The maximum Gasteiger partial charge on any atom is 0.166 e. The van der Waals surface area contributed by atoms with Crippen LogP contribution < -0.4 is 19.5 Å². The molecule has 0 N–H and O–H groups in total. The van der Waals surface area contributed by atoms with E-state index in [4.69, 9.17) is 14.2 Å². The summed E-state index contributed by atoms with van der Waals surface area (Å²) in [6.07, 6.45) is 3.45. The Kier molecular flexibility index (Phi) is 9.06. The van der Waals surface area contributed by atoms with E-state index in [-0.39, 0.29) is 11.0 Å². The first kappa shape index (κ1) is 25.7. The fourth-order valence-corrected chi connectivity index (χ4v) is 5.74. The van der Waals surface area contributed by atoms with Crippen LogP contribution in [0, 0.1) is 5.82 Å². The van der Waals surface area contributed by atoms with Gasteiger partial charge in [0.2, 0.25) is 0 Å². The lowest BCUT2D eigenvalue weighted by Gasteiger charge is -2.35. The number of halogens is 1. The molecule has 180 valence electrons. The number of nitrogens with zero attached hydrogens (tertiary/aromatic N) is 1. The molecule has 0 radical (unpaired) electrons. The van der Waals surface area contributed by atoms with Crippen LogP contribution in [-0.4, -0.2) is 27.5 Å². The number of hydrogen-bond donors (Lipinski definition) is 0. The molecular weight excluding hydrogens is 448 g/mol. The molecule has 1 atom stereocenters. The van der Waals surface area contributed by atoms with E-state index < -0.39 is 0 Å². The summed E-state index contributed by atoms with van der Waals surface area (Å²) in [5.41, 5.74) is 2.91. The van der Waals surface area contributed by atoms with Crippen molar-refractivity contribution in [3.63, 3.8) is 0 Å². The fraction of sp³-hybridized carbons (Fsp3) is 0.321. The van der Waals surface area contributed by atoms with Crippen LogP contribution >= 0.6 is 8.58 Å². The number of ether oxygens (including phenoxy) is 3. The van der Waals surface area contributed by atoms with Gasteiger partial charge in [-0.15, -0.1) is 0 Å². The summed E-state index contributed by atoms with van der Waals surface area (Å²) in [4.78, 5) is 4.15. The third kappa shape index (κ3) is 5.77. The second kappa shape index (κ2) is 12.0. The lowest BCUT2D eigenvalue weighted by molar-refractivity contribution is 0.275. The molecule has 1 unspecified atom stereocenters. The minimum atomic E-state index is -0.267. The summed E-state index contributed by atoms with van der Waals surface area (Å²) in [7, 11) is 5.36. The Morgan fingerprint density at radius 2 is 1.71 bits per heavy atom. The van der Waals surface area contributed by atoms with Crippen LogP contribution in [0.4, 0.5) is 4.39 Å². The predicted octanol–water partition coefficient (Wildman–Crippen LogP) is 6.49. The van der Waals surface area contributed by atoms with Crippen LogP contribution in [0.15, 0.2) is 65.7 Å².